The predicted octanol–water partition coefficient (Wildman–Crippen LogP) is 4.26. The van der Waals surface area contributed by atoms with Crippen molar-refractivity contribution >= 4 is 23.5 Å². The number of carbonyl (C=O) groups excluding carboxylic acids is 2. The van der Waals surface area contributed by atoms with Crippen molar-refractivity contribution in [3.8, 4) is 0 Å². The maximum absolute atomic E-state index is 13.7. The van der Waals surface area contributed by atoms with Crippen molar-refractivity contribution in [3.05, 3.63) is 78.0 Å². The van der Waals surface area contributed by atoms with Gasteiger partial charge < -0.3 is 25.2 Å². The van der Waals surface area contributed by atoms with Gasteiger partial charge in [0, 0.05) is 51.5 Å². The Bertz CT molecular complexity index is 1240. The van der Waals surface area contributed by atoms with Crippen molar-refractivity contribution in [1.82, 2.24) is 14.8 Å². The van der Waals surface area contributed by atoms with E-state index < -0.39 is 12.3 Å². The summed E-state index contributed by atoms with van der Waals surface area (Å²) in [4.78, 5) is 36.5. The fraction of sp³-hybridized carbons (Fsp3) is 0.414. The highest BCUT2D eigenvalue weighted by Crippen LogP contribution is 2.34. The van der Waals surface area contributed by atoms with Gasteiger partial charge >= 0.3 is 6.09 Å². The van der Waals surface area contributed by atoms with Crippen molar-refractivity contribution in [2.45, 2.75) is 37.4 Å². The Morgan fingerprint density at radius 2 is 1.85 bits per heavy atom. The fourth-order valence-electron chi connectivity index (χ4n) is 5.55. The van der Waals surface area contributed by atoms with Gasteiger partial charge in [-0.15, -0.1) is 0 Å². The van der Waals surface area contributed by atoms with Crippen LogP contribution in [-0.2, 0) is 9.53 Å². The molecule has 206 valence electrons. The minimum Gasteiger partial charge on any atom is -0.411 e. The molecule has 2 amide bonds. The maximum atomic E-state index is 13.7. The second-order valence-electron chi connectivity index (χ2n) is 10.4. The summed E-state index contributed by atoms with van der Waals surface area (Å²) < 4.78 is 32.6. The van der Waals surface area contributed by atoms with Crippen LogP contribution >= 0.6 is 0 Å². The molecule has 3 aliphatic rings. The summed E-state index contributed by atoms with van der Waals surface area (Å²) in [6.07, 6.45) is 5.86. The summed E-state index contributed by atoms with van der Waals surface area (Å²) in [6, 6.07) is 9.52. The molecule has 5 rings (SSSR count). The minimum atomic E-state index is -1.09. The lowest BCUT2D eigenvalue weighted by Gasteiger charge is -2.34. The smallest absolute Gasteiger partial charge is 0.411 e. The van der Waals surface area contributed by atoms with E-state index in [1.165, 1.54) is 29.2 Å². The molecule has 3 atom stereocenters. The largest absolute Gasteiger partial charge is 0.415 e. The van der Waals surface area contributed by atoms with Crippen LogP contribution in [0.5, 0.6) is 0 Å². The zero-order valence-electron chi connectivity index (χ0n) is 21.9. The molecule has 2 aliphatic heterocycles. The van der Waals surface area contributed by atoms with Crippen LogP contribution in [0.15, 0.2) is 66.6 Å². The topological polar surface area (TPSA) is 92.0 Å². The van der Waals surface area contributed by atoms with Gasteiger partial charge in [0.2, 0.25) is 5.91 Å². The lowest BCUT2D eigenvalue weighted by molar-refractivity contribution is -0.135. The van der Waals surface area contributed by atoms with Crippen molar-refractivity contribution in [1.29, 1.82) is 0 Å². The number of nitrogens with two attached hydrogens (primary N) is 1. The van der Waals surface area contributed by atoms with E-state index in [9.17, 15) is 18.4 Å². The number of ether oxygens (including phenoxy) is 1. The number of alkyl halides is 1. The number of likely N-dealkylation sites (N-methyl/N-ethyl adjacent to an activating group) is 1. The number of carbonyl (C=O) groups is 2. The highest BCUT2D eigenvalue weighted by molar-refractivity contribution is 5.80. The summed E-state index contributed by atoms with van der Waals surface area (Å²) in [5.41, 5.74) is 7.20. The Morgan fingerprint density at radius 1 is 1.10 bits per heavy atom. The molecule has 8 nitrogen and oxygen atoms in total. The van der Waals surface area contributed by atoms with E-state index in [-0.39, 0.29) is 36.0 Å². The summed E-state index contributed by atoms with van der Waals surface area (Å²) >= 11 is 0. The molecule has 1 aromatic carbocycles. The summed E-state index contributed by atoms with van der Waals surface area (Å²) in [6.45, 7) is 2.17. The SMILES string of the molecule is CN(C(=O)OC1=CCC(F)C=C1)[C@@H]1CN(C(=O)C2CCN(c3ccc(N)cn3)CC2)C[C@H]1c1ccc(F)cc1. The predicted molar refractivity (Wildman–Crippen MR) is 144 cm³/mol. The number of hydrogen-bond donors (Lipinski definition) is 1. The second kappa shape index (κ2) is 11.4. The Balaban J connectivity index is 1.27. The zero-order chi connectivity index (χ0) is 27.5. The minimum absolute atomic E-state index is 0.0585. The number of hydrogen-bond acceptors (Lipinski definition) is 6. The summed E-state index contributed by atoms with van der Waals surface area (Å²) in [7, 11) is 1.64. The number of likely N-dealkylation sites (tertiary alicyclic amines) is 1. The quantitative estimate of drug-likeness (QED) is 0.613. The number of allylic oxidation sites excluding steroid dienone is 3. The normalized spacial score (nSPS) is 23.5. The van der Waals surface area contributed by atoms with E-state index >= 15 is 0 Å². The Labute approximate surface area is 226 Å². The number of aromatic nitrogens is 1. The molecule has 0 saturated carbocycles. The number of anilines is 2. The third-order valence-corrected chi connectivity index (χ3v) is 7.84. The molecule has 1 aromatic heterocycles. The molecule has 2 fully saturated rings. The van der Waals surface area contributed by atoms with Gasteiger partial charge in [-0.25, -0.2) is 18.6 Å². The first kappa shape index (κ1) is 26.6. The highest BCUT2D eigenvalue weighted by atomic mass is 19.1. The molecule has 2 N–H and O–H groups in total. The first-order valence-corrected chi connectivity index (χ1v) is 13.3. The van der Waals surface area contributed by atoms with Crippen molar-refractivity contribution in [2.24, 2.45) is 5.92 Å². The zero-order valence-corrected chi connectivity index (χ0v) is 21.9. The Morgan fingerprint density at radius 3 is 2.49 bits per heavy atom. The number of nitrogen functional groups attached to an aromatic ring is 1. The molecule has 2 aromatic rings. The summed E-state index contributed by atoms with van der Waals surface area (Å²) in [5.74, 6) is 0.510. The van der Waals surface area contributed by atoms with E-state index in [4.69, 9.17) is 10.5 Å². The highest BCUT2D eigenvalue weighted by Gasteiger charge is 2.42. The van der Waals surface area contributed by atoms with Crippen LogP contribution in [-0.4, -0.2) is 72.2 Å². The van der Waals surface area contributed by atoms with E-state index in [1.54, 1.807) is 31.5 Å². The molecule has 3 heterocycles. The molecular formula is C29H33F2N5O3. The standard InChI is InChI=1S/C29H33F2N5O3/c1-34(29(38)39-24-9-6-22(31)7-10-24)26-18-36(17-25(26)19-2-4-21(30)5-3-19)28(37)20-12-14-35(15-13-20)27-11-8-23(32)16-33-27/h2-6,8-11,16,20,22,25-26H,7,12-15,17-18,32H2,1H3/t22?,25-,26+/m0/s1. The van der Waals surface area contributed by atoms with E-state index in [0.717, 1.165) is 11.4 Å². The molecule has 39 heavy (non-hydrogen) atoms. The van der Waals surface area contributed by atoms with Crippen LogP contribution in [0.4, 0.5) is 25.1 Å². The van der Waals surface area contributed by atoms with Crippen LogP contribution < -0.4 is 10.6 Å². The third-order valence-electron chi connectivity index (χ3n) is 7.84. The Kier molecular flexibility index (Phi) is 7.81. The number of piperidine rings is 1. The van der Waals surface area contributed by atoms with Crippen LogP contribution in [0.2, 0.25) is 0 Å². The second-order valence-corrected chi connectivity index (χ2v) is 10.4. The molecule has 10 heteroatoms. The van der Waals surface area contributed by atoms with Crippen molar-refractivity contribution in [3.63, 3.8) is 0 Å². The first-order valence-electron chi connectivity index (χ1n) is 13.3. The molecule has 1 aliphatic carbocycles. The molecule has 0 bridgehead atoms. The van der Waals surface area contributed by atoms with Gasteiger partial charge in [0.1, 0.15) is 23.6 Å². The lowest BCUT2D eigenvalue weighted by Crippen LogP contribution is -2.44. The van der Waals surface area contributed by atoms with Gasteiger partial charge in [-0.3, -0.25) is 4.79 Å². The van der Waals surface area contributed by atoms with Gasteiger partial charge in [0.25, 0.3) is 0 Å². The van der Waals surface area contributed by atoms with Gasteiger partial charge in [-0.1, -0.05) is 12.1 Å². The average molecular weight is 538 g/mol. The van der Waals surface area contributed by atoms with E-state index in [0.29, 0.717) is 50.5 Å². The number of pyridine rings is 1. The average Bonchev–Trinajstić information content (AvgIpc) is 3.40. The lowest BCUT2D eigenvalue weighted by atomic mass is 9.93. The first-order chi connectivity index (χ1) is 18.8. The van der Waals surface area contributed by atoms with Crippen LogP contribution in [0.25, 0.3) is 0 Å². The molecule has 2 saturated heterocycles. The maximum Gasteiger partial charge on any atom is 0.415 e. The van der Waals surface area contributed by atoms with Crippen LogP contribution in [0, 0.1) is 11.7 Å². The number of benzene rings is 1. The van der Waals surface area contributed by atoms with E-state index in [2.05, 4.69) is 9.88 Å². The van der Waals surface area contributed by atoms with Gasteiger partial charge in [-0.05, 0) is 60.9 Å². The summed E-state index contributed by atoms with van der Waals surface area (Å²) in [5, 5.41) is 0. The number of nitrogens with zero attached hydrogens (tertiary/aromatic N) is 4. The Hall–Kier alpha value is -3.95. The van der Waals surface area contributed by atoms with Crippen LogP contribution in [0.1, 0.15) is 30.7 Å². The van der Waals surface area contributed by atoms with Gasteiger partial charge in [-0.2, -0.15) is 0 Å². The molecule has 0 spiro atoms. The fourth-order valence-corrected chi connectivity index (χ4v) is 5.55. The van der Waals surface area contributed by atoms with Crippen molar-refractivity contribution < 1.29 is 23.1 Å². The third kappa shape index (κ3) is 6.05. The van der Waals surface area contributed by atoms with Gasteiger partial charge in [0.05, 0.1) is 17.9 Å². The van der Waals surface area contributed by atoms with Crippen molar-refractivity contribution in [2.75, 3.05) is 43.9 Å². The van der Waals surface area contributed by atoms with Gasteiger partial charge in [0.15, 0.2) is 0 Å². The molecule has 1 unspecified atom stereocenters. The number of rotatable bonds is 5. The number of halogens is 2. The molecular weight excluding hydrogens is 504 g/mol. The van der Waals surface area contributed by atoms with E-state index in [1.807, 2.05) is 17.0 Å². The molecule has 0 radical (unpaired) electrons. The number of amides is 2. The monoisotopic (exact) mass is 537 g/mol. The van der Waals surface area contributed by atoms with Crippen LogP contribution in [0.3, 0.4) is 0 Å².